The Balaban J connectivity index is 2.00. The highest BCUT2D eigenvalue weighted by molar-refractivity contribution is 7.08. The van der Waals surface area contributed by atoms with E-state index in [0.717, 1.165) is 22.8 Å². The zero-order valence-electron chi connectivity index (χ0n) is 9.81. The number of amides is 1. The van der Waals surface area contributed by atoms with E-state index in [9.17, 15) is 4.79 Å². The number of benzene rings is 1. The molecular formula is C12H12ClN3OS. The summed E-state index contributed by atoms with van der Waals surface area (Å²) in [6.45, 7) is 2.39. The van der Waals surface area contributed by atoms with Crippen molar-refractivity contribution in [2.45, 2.75) is 19.9 Å². The normalized spacial score (nSPS) is 10.3. The summed E-state index contributed by atoms with van der Waals surface area (Å²) >= 11 is 7.00. The fourth-order valence-electron chi connectivity index (χ4n) is 1.52. The molecule has 0 bridgehead atoms. The van der Waals surface area contributed by atoms with E-state index in [1.165, 1.54) is 0 Å². The van der Waals surface area contributed by atoms with Crippen molar-refractivity contribution >= 4 is 29.0 Å². The van der Waals surface area contributed by atoms with Crippen LogP contribution in [0.25, 0.3) is 0 Å². The summed E-state index contributed by atoms with van der Waals surface area (Å²) in [7, 11) is 0. The lowest BCUT2D eigenvalue weighted by Gasteiger charge is -2.04. The van der Waals surface area contributed by atoms with E-state index >= 15 is 0 Å². The SMILES string of the molecule is CCc1nnsc1C(=O)NCc1cccc(Cl)c1. The van der Waals surface area contributed by atoms with Crippen molar-refractivity contribution in [1.29, 1.82) is 0 Å². The molecule has 18 heavy (non-hydrogen) atoms. The number of hydrogen-bond acceptors (Lipinski definition) is 4. The van der Waals surface area contributed by atoms with E-state index < -0.39 is 0 Å². The summed E-state index contributed by atoms with van der Waals surface area (Å²) in [5, 5.41) is 7.41. The molecule has 1 heterocycles. The summed E-state index contributed by atoms with van der Waals surface area (Å²) in [4.78, 5) is 12.5. The Morgan fingerprint density at radius 1 is 1.50 bits per heavy atom. The van der Waals surface area contributed by atoms with Crippen LogP contribution >= 0.6 is 23.1 Å². The van der Waals surface area contributed by atoms with Crippen LogP contribution in [0.4, 0.5) is 0 Å². The summed E-state index contributed by atoms with van der Waals surface area (Å²) in [6.07, 6.45) is 0.705. The van der Waals surface area contributed by atoms with Gasteiger partial charge in [0.1, 0.15) is 4.88 Å². The average Bonchev–Trinajstić information content (AvgIpc) is 2.84. The maximum Gasteiger partial charge on any atom is 0.265 e. The van der Waals surface area contributed by atoms with Crippen LogP contribution in [0, 0.1) is 0 Å². The predicted molar refractivity (Wildman–Crippen MR) is 71.9 cm³/mol. The molecule has 0 radical (unpaired) electrons. The molecule has 0 atom stereocenters. The number of aryl methyl sites for hydroxylation is 1. The van der Waals surface area contributed by atoms with Gasteiger partial charge in [0, 0.05) is 11.6 Å². The lowest BCUT2D eigenvalue weighted by Crippen LogP contribution is -2.22. The number of rotatable bonds is 4. The molecule has 2 aromatic rings. The molecule has 1 N–H and O–H groups in total. The van der Waals surface area contributed by atoms with Gasteiger partial charge in [-0.15, -0.1) is 5.10 Å². The zero-order chi connectivity index (χ0) is 13.0. The number of hydrogen-bond donors (Lipinski definition) is 1. The highest BCUT2D eigenvalue weighted by Gasteiger charge is 2.14. The molecule has 0 saturated carbocycles. The zero-order valence-corrected chi connectivity index (χ0v) is 11.4. The molecule has 0 aliphatic heterocycles. The minimum atomic E-state index is -0.137. The standard InChI is InChI=1S/C12H12ClN3OS/c1-2-10-11(18-16-15-10)12(17)14-7-8-4-3-5-9(13)6-8/h3-6H,2,7H2,1H3,(H,14,17). The highest BCUT2D eigenvalue weighted by atomic mass is 35.5. The summed E-state index contributed by atoms with van der Waals surface area (Å²) < 4.78 is 3.79. The van der Waals surface area contributed by atoms with Gasteiger partial charge in [-0.3, -0.25) is 4.79 Å². The molecule has 2 rings (SSSR count). The monoisotopic (exact) mass is 281 g/mol. The first-order chi connectivity index (χ1) is 8.70. The van der Waals surface area contributed by atoms with Gasteiger partial charge in [0.05, 0.1) is 5.69 Å². The van der Waals surface area contributed by atoms with Crippen molar-refractivity contribution in [3.63, 3.8) is 0 Å². The molecule has 0 saturated heterocycles. The number of carbonyl (C=O) groups is 1. The number of carbonyl (C=O) groups excluding carboxylic acids is 1. The molecule has 0 spiro atoms. The number of halogens is 1. The van der Waals surface area contributed by atoms with Crippen LogP contribution in [0.1, 0.15) is 27.9 Å². The van der Waals surface area contributed by atoms with Crippen LogP contribution in [0.15, 0.2) is 24.3 Å². The van der Waals surface area contributed by atoms with Crippen LogP contribution < -0.4 is 5.32 Å². The van der Waals surface area contributed by atoms with Crippen molar-refractivity contribution in [3.8, 4) is 0 Å². The third kappa shape index (κ3) is 3.05. The van der Waals surface area contributed by atoms with Gasteiger partial charge in [-0.05, 0) is 35.6 Å². The Bertz CT molecular complexity index is 556. The van der Waals surface area contributed by atoms with Crippen LogP contribution in [-0.4, -0.2) is 15.5 Å². The maximum absolute atomic E-state index is 11.9. The number of nitrogens with zero attached hydrogens (tertiary/aromatic N) is 2. The third-order valence-corrected chi connectivity index (χ3v) is 3.44. The summed E-state index contributed by atoms with van der Waals surface area (Å²) in [6, 6.07) is 7.40. The predicted octanol–water partition coefficient (Wildman–Crippen LogP) is 2.68. The Kier molecular flexibility index (Phi) is 4.28. The van der Waals surface area contributed by atoms with Crippen molar-refractivity contribution in [3.05, 3.63) is 45.4 Å². The largest absolute Gasteiger partial charge is 0.347 e. The van der Waals surface area contributed by atoms with Crippen molar-refractivity contribution in [2.24, 2.45) is 0 Å². The van der Waals surface area contributed by atoms with Crippen molar-refractivity contribution in [1.82, 2.24) is 14.9 Å². The fraction of sp³-hybridized carbons (Fsp3) is 0.250. The fourth-order valence-corrected chi connectivity index (χ4v) is 2.40. The van der Waals surface area contributed by atoms with Crippen molar-refractivity contribution in [2.75, 3.05) is 0 Å². The third-order valence-electron chi connectivity index (χ3n) is 2.44. The van der Waals surface area contributed by atoms with Gasteiger partial charge >= 0.3 is 0 Å². The van der Waals surface area contributed by atoms with Gasteiger partial charge in [0.15, 0.2) is 0 Å². The number of nitrogens with one attached hydrogen (secondary N) is 1. The molecule has 4 nitrogen and oxygen atoms in total. The lowest BCUT2D eigenvalue weighted by molar-refractivity contribution is 0.0954. The smallest absolute Gasteiger partial charge is 0.265 e. The van der Waals surface area contributed by atoms with Gasteiger partial charge in [-0.2, -0.15) is 0 Å². The van der Waals surface area contributed by atoms with Crippen LogP contribution in [0.3, 0.4) is 0 Å². The Labute approximate surface area is 114 Å². The van der Waals surface area contributed by atoms with E-state index in [4.69, 9.17) is 11.6 Å². The second-order valence-electron chi connectivity index (χ2n) is 3.71. The second-order valence-corrected chi connectivity index (χ2v) is 4.91. The molecule has 94 valence electrons. The quantitative estimate of drug-likeness (QED) is 0.937. The topological polar surface area (TPSA) is 54.9 Å². The van der Waals surface area contributed by atoms with Crippen LogP contribution in [0.2, 0.25) is 5.02 Å². The van der Waals surface area contributed by atoms with Gasteiger partial charge in [-0.1, -0.05) is 35.1 Å². The molecule has 0 aliphatic carbocycles. The van der Waals surface area contributed by atoms with Gasteiger partial charge in [-0.25, -0.2) is 0 Å². The van der Waals surface area contributed by atoms with Gasteiger partial charge < -0.3 is 5.32 Å². The average molecular weight is 282 g/mol. The molecule has 6 heteroatoms. The Morgan fingerprint density at radius 2 is 2.33 bits per heavy atom. The maximum atomic E-state index is 11.9. The second kappa shape index (κ2) is 5.93. The van der Waals surface area contributed by atoms with E-state index in [1.54, 1.807) is 6.07 Å². The minimum absolute atomic E-state index is 0.137. The Hall–Kier alpha value is -1.46. The highest BCUT2D eigenvalue weighted by Crippen LogP contribution is 2.13. The van der Waals surface area contributed by atoms with E-state index in [0.29, 0.717) is 22.9 Å². The summed E-state index contributed by atoms with van der Waals surface area (Å²) in [5.41, 5.74) is 1.70. The van der Waals surface area contributed by atoms with E-state index in [-0.39, 0.29) is 5.91 Å². The molecule has 0 unspecified atom stereocenters. The van der Waals surface area contributed by atoms with Gasteiger partial charge in [0.25, 0.3) is 5.91 Å². The first-order valence-electron chi connectivity index (χ1n) is 5.54. The Morgan fingerprint density at radius 3 is 3.06 bits per heavy atom. The van der Waals surface area contributed by atoms with Crippen LogP contribution in [0.5, 0.6) is 0 Å². The molecule has 1 aromatic carbocycles. The minimum Gasteiger partial charge on any atom is -0.347 e. The first-order valence-corrected chi connectivity index (χ1v) is 6.69. The molecule has 0 fully saturated rings. The molecule has 0 aliphatic rings. The number of aromatic nitrogens is 2. The lowest BCUT2D eigenvalue weighted by atomic mass is 10.2. The summed E-state index contributed by atoms with van der Waals surface area (Å²) in [5.74, 6) is -0.137. The van der Waals surface area contributed by atoms with E-state index in [1.807, 2.05) is 25.1 Å². The van der Waals surface area contributed by atoms with Crippen LogP contribution in [-0.2, 0) is 13.0 Å². The van der Waals surface area contributed by atoms with Gasteiger partial charge in [0.2, 0.25) is 0 Å². The molecule has 1 amide bonds. The molecular weight excluding hydrogens is 270 g/mol. The molecule has 1 aromatic heterocycles. The van der Waals surface area contributed by atoms with Crippen molar-refractivity contribution < 1.29 is 4.79 Å². The van der Waals surface area contributed by atoms with E-state index in [2.05, 4.69) is 14.9 Å². The first kappa shape index (κ1) is 13.0.